The number of halogens is 2. The fraction of sp³-hybridized carbons (Fsp3) is 0.0833. The minimum Gasteiger partial charge on any atom is -0.443 e. The molecule has 0 unspecified atom stereocenters. The smallest absolute Gasteiger partial charge is 0.328 e. The van der Waals surface area contributed by atoms with Gasteiger partial charge in [-0.25, -0.2) is 17.9 Å². The summed E-state index contributed by atoms with van der Waals surface area (Å²) in [6.45, 7) is 3.52. The Labute approximate surface area is 132 Å². The number of amides is 2. The molecule has 6 nitrogen and oxygen atoms in total. The lowest BCUT2D eigenvalue weighted by Gasteiger charge is -2.11. The van der Waals surface area contributed by atoms with Crippen molar-refractivity contribution >= 4 is 39.3 Å². The molecule has 0 saturated carbocycles. The predicted octanol–water partition coefficient (Wildman–Crippen LogP) is 2.52. The van der Waals surface area contributed by atoms with Crippen LogP contribution in [0.3, 0.4) is 0 Å². The first-order chi connectivity index (χ1) is 9.90. The van der Waals surface area contributed by atoms with Crippen LogP contribution in [0.25, 0.3) is 0 Å². The number of ether oxygens (including phenoxy) is 1. The van der Waals surface area contributed by atoms with Crippen molar-refractivity contribution in [3.8, 4) is 5.75 Å². The predicted molar refractivity (Wildman–Crippen MR) is 80.8 cm³/mol. The van der Waals surface area contributed by atoms with E-state index in [-0.39, 0.29) is 22.4 Å². The molecule has 0 aromatic heterocycles. The number of urea groups is 1. The SMILES string of the molecule is C=CCNC(=O)NS(=O)(=O)c1ccccc1OC(Cl)=CCl. The fourth-order valence-electron chi connectivity index (χ4n) is 1.26. The number of benzene rings is 1. The highest BCUT2D eigenvalue weighted by atomic mass is 35.5. The van der Waals surface area contributed by atoms with Crippen molar-refractivity contribution in [1.82, 2.24) is 10.0 Å². The second-order valence-electron chi connectivity index (χ2n) is 3.57. The van der Waals surface area contributed by atoms with Crippen molar-refractivity contribution < 1.29 is 17.9 Å². The minimum atomic E-state index is -4.12. The molecule has 9 heteroatoms. The van der Waals surface area contributed by atoms with Crippen molar-refractivity contribution in [3.05, 3.63) is 47.7 Å². The Morgan fingerprint density at radius 1 is 1.38 bits per heavy atom. The molecule has 0 aliphatic carbocycles. The van der Waals surface area contributed by atoms with Gasteiger partial charge >= 0.3 is 6.03 Å². The van der Waals surface area contributed by atoms with Crippen LogP contribution in [0.1, 0.15) is 0 Å². The zero-order valence-electron chi connectivity index (χ0n) is 10.7. The molecule has 0 heterocycles. The van der Waals surface area contributed by atoms with Gasteiger partial charge in [0.2, 0.25) is 5.22 Å². The Balaban J connectivity index is 3.03. The lowest BCUT2D eigenvalue weighted by atomic mass is 10.3. The topological polar surface area (TPSA) is 84.5 Å². The van der Waals surface area contributed by atoms with Crippen molar-refractivity contribution in [2.24, 2.45) is 0 Å². The molecule has 2 N–H and O–H groups in total. The standard InChI is InChI=1S/C12H12Cl2N2O4S/c1-2-7-15-12(17)16-21(18,19)10-6-4-3-5-9(10)20-11(14)8-13/h2-6,8H,1,7H2,(H2,15,16,17). The van der Waals surface area contributed by atoms with E-state index in [2.05, 4.69) is 11.9 Å². The van der Waals surface area contributed by atoms with Crippen LogP contribution in [-0.4, -0.2) is 21.0 Å². The molecule has 0 radical (unpaired) electrons. The van der Waals surface area contributed by atoms with Gasteiger partial charge in [0.15, 0.2) is 0 Å². The molecule has 0 aliphatic rings. The maximum Gasteiger partial charge on any atom is 0.328 e. The molecule has 0 saturated heterocycles. The lowest BCUT2D eigenvalue weighted by Crippen LogP contribution is -2.39. The van der Waals surface area contributed by atoms with Crippen LogP contribution in [-0.2, 0) is 10.0 Å². The molecule has 0 spiro atoms. The van der Waals surface area contributed by atoms with E-state index in [9.17, 15) is 13.2 Å². The molecule has 2 amide bonds. The highest BCUT2D eigenvalue weighted by Gasteiger charge is 2.22. The number of hydrogen-bond acceptors (Lipinski definition) is 4. The summed E-state index contributed by atoms with van der Waals surface area (Å²) in [6.07, 6.45) is 1.41. The normalized spacial score (nSPS) is 11.6. The summed E-state index contributed by atoms with van der Waals surface area (Å²) >= 11 is 10.9. The van der Waals surface area contributed by atoms with Gasteiger partial charge in [-0.3, -0.25) is 0 Å². The van der Waals surface area contributed by atoms with Crippen LogP contribution in [0.2, 0.25) is 0 Å². The molecule has 0 bridgehead atoms. The molecular weight excluding hydrogens is 339 g/mol. The number of nitrogens with one attached hydrogen (secondary N) is 2. The third-order valence-corrected chi connectivity index (χ3v) is 3.93. The number of rotatable bonds is 6. The van der Waals surface area contributed by atoms with Gasteiger partial charge in [0.05, 0.1) is 5.54 Å². The second-order valence-corrected chi connectivity index (χ2v) is 5.81. The van der Waals surface area contributed by atoms with E-state index in [0.29, 0.717) is 0 Å². The van der Waals surface area contributed by atoms with E-state index in [1.165, 1.54) is 24.3 Å². The first-order valence-electron chi connectivity index (χ1n) is 5.55. The van der Waals surface area contributed by atoms with Gasteiger partial charge in [0.1, 0.15) is 10.6 Å². The Morgan fingerprint density at radius 2 is 2.05 bits per heavy atom. The van der Waals surface area contributed by atoms with Crippen LogP contribution in [0, 0.1) is 0 Å². The molecule has 1 aromatic rings. The first-order valence-corrected chi connectivity index (χ1v) is 7.84. The summed E-state index contributed by atoms with van der Waals surface area (Å²) in [6, 6.07) is 4.77. The van der Waals surface area contributed by atoms with Crippen molar-refractivity contribution in [2.75, 3.05) is 6.54 Å². The van der Waals surface area contributed by atoms with Gasteiger partial charge in [-0.15, -0.1) is 6.58 Å². The summed E-state index contributed by atoms with van der Waals surface area (Å²) in [4.78, 5) is 11.2. The highest BCUT2D eigenvalue weighted by molar-refractivity contribution is 7.90. The fourth-order valence-corrected chi connectivity index (χ4v) is 2.45. The zero-order chi connectivity index (χ0) is 15.9. The van der Waals surface area contributed by atoms with Gasteiger partial charge < -0.3 is 10.1 Å². The van der Waals surface area contributed by atoms with Gasteiger partial charge in [-0.05, 0) is 23.7 Å². The lowest BCUT2D eigenvalue weighted by molar-refractivity contribution is 0.247. The monoisotopic (exact) mass is 350 g/mol. The molecule has 114 valence electrons. The molecule has 1 aromatic carbocycles. The Kier molecular flexibility index (Phi) is 6.54. The van der Waals surface area contributed by atoms with Crippen molar-refractivity contribution in [2.45, 2.75) is 4.90 Å². The van der Waals surface area contributed by atoms with E-state index < -0.39 is 16.1 Å². The number of carbonyl (C=O) groups excluding carboxylic acids is 1. The number of hydrogen-bond donors (Lipinski definition) is 2. The van der Waals surface area contributed by atoms with Gasteiger partial charge in [0.25, 0.3) is 10.0 Å². The third-order valence-electron chi connectivity index (χ3n) is 2.07. The number of carbonyl (C=O) groups is 1. The molecule has 0 atom stereocenters. The molecule has 21 heavy (non-hydrogen) atoms. The summed E-state index contributed by atoms with van der Waals surface area (Å²) in [5.74, 6) is -0.0663. The maximum absolute atomic E-state index is 12.1. The van der Waals surface area contributed by atoms with Crippen LogP contribution in [0.4, 0.5) is 4.79 Å². The summed E-state index contributed by atoms with van der Waals surface area (Å²) in [5, 5.41) is 2.07. The first kappa shape index (κ1) is 17.4. The molecule has 0 aliphatic heterocycles. The van der Waals surface area contributed by atoms with Gasteiger partial charge in [-0.1, -0.05) is 29.8 Å². The zero-order valence-corrected chi connectivity index (χ0v) is 13.0. The largest absolute Gasteiger partial charge is 0.443 e. The Bertz CT molecular complexity index is 659. The van der Waals surface area contributed by atoms with Crippen molar-refractivity contribution in [1.29, 1.82) is 0 Å². The maximum atomic E-state index is 12.1. The minimum absolute atomic E-state index is 0.0663. The van der Waals surface area contributed by atoms with Crippen LogP contribution < -0.4 is 14.8 Å². The quantitative estimate of drug-likeness (QED) is 0.609. The Morgan fingerprint density at radius 3 is 2.67 bits per heavy atom. The molecule has 1 rings (SSSR count). The van der Waals surface area contributed by atoms with E-state index in [1.807, 2.05) is 4.72 Å². The van der Waals surface area contributed by atoms with Gasteiger partial charge in [0, 0.05) is 6.54 Å². The Hall–Kier alpha value is -1.70. The average Bonchev–Trinajstić information content (AvgIpc) is 2.45. The van der Waals surface area contributed by atoms with Crippen LogP contribution >= 0.6 is 23.2 Å². The van der Waals surface area contributed by atoms with Crippen LogP contribution in [0.15, 0.2) is 52.6 Å². The highest BCUT2D eigenvalue weighted by Crippen LogP contribution is 2.26. The second kappa shape index (κ2) is 7.92. The van der Waals surface area contributed by atoms with E-state index in [0.717, 1.165) is 5.54 Å². The van der Waals surface area contributed by atoms with E-state index in [4.69, 9.17) is 27.9 Å². The van der Waals surface area contributed by atoms with Gasteiger partial charge in [-0.2, -0.15) is 0 Å². The number of sulfonamides is 1. The van der Waals surface area contributed by atoms with Crippen molar-refractivity contribution in [3.63, 3.8) is 0 Å². The number of para-hydroxylation sites is 1. The van der Waals surface area contributed by atoms with Crippen LogP contribution in [0.5, 0.6) is 5.75 Å². The summed E-state index contributed by atoms with van der Waals surface area (Å²) in [5.41, 5.74) is 0.940. The third kappa shape index (κ3) is 5.30. The molecule has 0 fully saturated rings. The van der Waals surface area contributed by atoms with E-state index >= 15 is 0 Å². The summed E-state index contributed by atoms with van der Waals surface area (Å²) < 4.78 is 31.2. The van der Waals surface area contributed by atoms with E-state index in [1.54, 1.807) is 6.07 Å². The molecular formula is C12H12Cl2N2O4S. The average molecular weight is 351 g/mol. The summed E-state index contributed by atoms with van der Waals surface area (Å²) in [7, 11) is -4.12.